The summed E-state index contributed by atoms with van der Waals surface area (Å²) < 4.78 is 6.48. The second-order valence-electron chi connectivity index (χ2n) is 9.08. The molecule has 0 saturated carbocycles. The summed E-state index contributed by atoms with van der Waals surface area (Å²) in [6.45, 7) is 9.69. The molecule has 3 rings (SSSR count). The van der Waals surface area contributed by atoms with E-state index < -0.39 is 5.41 Å². The Hall–Kier alpha value is -1.28. The van der Waals surface area contributed by atoms with Crippen LogP contribution in [0.15, 0.2) is 35.7 Å². The van der Waals surface area contributed by atoms with Crippen LogP contribution in [0.3, 0.4) is 0 Å². The summed E-state index contributed by atoms with van der Waals surface area (Å²) in [6, 6.07) is 3.69. The van der Waals surface area contributed by atoms with E-state index in [1.54, 1.807) is 26.8 Å². The number of esters is 1. The number of ketones is 1. The zero-order valence-corrected chi connectivity index (χ0v) is 20.7. The first-order valence-electron chi connectivity index (χ1n) is 10.5. The van der Waals surface area contributed by atoms with Crippen LogP contribution in [-0.2, 0) is 25.8 Å². The number of carbonyl (C=O) groups excluding carboxylic acids is 2. The predicted octanol–water partition coefficient (Wildman–Crippen LogP) is 5.90. The molecule has 2 aliphatic rings. The topological polar surface area (TPSA) is 64.6 Å². The average Bonchev–Trinajstić information content (AvgIpc) is 3.12. The quantitative estimate of drug-likeness (QED) is 0.384. The second-order valence-corrected chi connectivity index (χ2v) is 12.0. The maximum Gasteiger partial charge on any atom is 0.316 e. The zero-order chi connectivity index (χ0) is 22.6. The van der Waals surface area contributed by atoms with E-state index >= 15 is 0 Å². The normalized spacial score (nSPS) is 22.4. The number of hydrogen-bond donors (Lipinski definition) is 1. The van der Waals surface area contributed by atoms with Crippen LogP contribution in [0, 0.1) is 17.3 Å². The van der Waals surface area contributed by atoms with E-state index in [-0.39, 0.29) is 24.3 Å². The Labute approximate surface area is 197 Å². The number of allylic oxidation sites excluding steroid dienone is 2. The number of hydrogen-bond acceptors (Lipinski definition) is 7. The number of thioether (sulfide) groups is 1. The van der Waals surface area contributed by atoms with Crippen molar-refractivity contribution in [3.63, 3.8) is 0 Å². The zero-order valence-electron chi connectivity index (χ0n) is 18.3. The van der Waals surface area contributed by atoms with Crippen molar-refractivity contribution in [2.45, 2.75) is 53.1 Å². The van der Waals surface area contributed by atoms with Gasteiger partial charge in [-0.1, -0.05) is 18.2 Å². The molecule has 1 fully saturated rings. The summed E-state index contributed by atoms with van der Waals surface area (Å²) in [5, 5.41) is 0. The Kier molecular flexibility index (Phi) is 8.30. The number of hydroxylamine groups is 1. The van der Waals surface area contributed by atoms with E-state index in [0.717, 1.165) is 17.1 Å². The van der Waals surface area contributed by atoms with Crippen molar-refractivity contribution in [1.29, 1.82) is 0 Å². The Balaban J connectivity index is 1.75. The van der Waals surface area contributed by atoms with E-state index in [0.29, 0.717) is 40.1 Å². The minimum Gasteiger partial charge on any atom is -0.430 e. The van der Waals surface area contributed by atoms with Gasteiger partial charge in [0.2, 0.25) is 0 Å². The fourth-order valence-electron chi connectivity index (χ4n) is 3.75. The van der Waals surface area contributed by atoms with E-state index in [9.17, 15) is 9.59 Å². The molecule has 1 aliphatic carbocycles. The third-order valence-corrected chi connectivity index (χ3v) is 7.93. The van der Waals surface area contributed by atoms with E-state index in [1.807, 2.05) is 17.8 Å². The summed E-state index contributed by atoms with van der Waals surface area (Å²) in [7, 11) is 0. The van der Waals surface area contributed by atoms with Crippen LogP contribution in [0.5, 0.6) is 0 Å². The first kappa shape index (κ1) is 24.4. The first-order valence-corrected chi connectivity index (χ1v) is 12.9. The number of halogens is 1. The second kappa shape index (κ2) is 10.6. The molecule has 1 aliphatic heterocycles. The van der Waals surface area contributed by atoms with Gasteiger partial charge < -0.3 is 4.74 Å². The highest BCUT2D eigenvalue weighted by Crippen LogP contribution is 2.40. The standard InChI is InChI=1S/C23H30ClNO4S2/c1-14(25-28-12-17-7-8-20(24)31-17)21-18(26)10-16(15-6-5-9-30-13-15)11-19(21)29-22(27)23(2,3)4/h7-8,15-16,25H,1,5-6,9-13H2,2-4H3. The fraction of sp³-hybridized carbons (Fsp3) is 0.565. The van der Waals surface area contributed by atoms with Crippen molar-refractivity contribution in [3.05, 3.63) is 45.0 Å². The lowest BCUT2D eigenvalue weighted by Crippen LogP contribution is -2.33. The highest BCUT2D eigenvalue weighted by atomic mass is 35.5. The molecule has 0 radical (unpaired) electrons. The monoisotopic (exact) mass is 483 g/mol. The van der Waals surface area contributed by atoms with Crippen LogP contribution in [0.25, 0.3) is 0 Å². The summed E-state index contributed by atoms with van der Waals surface area (Å²) in [4.78, 5) is 32.2. The summed E-state index contributed by atoms with van der Waals surface area (Å²) in [5.74, 6) is 2.90. The third kappa shape index (κ3) is 6.60. The van der Waals surface area contributed by atoms with Crippen LogP contribution in [-0.4, -0.2) is 23.3 Å². The lowest BCUT2D eigenvalue weighted by Gasteiger charge is -2.34. The molecule has 8 heteroatoms. The van der Waals surface area contributed by atoms with Crippen LogP contribution in [0.2, 0.25) is 4.34 Å². The van der Waals surface area contributed by atoms with Gasteiger partial charge in [0.15, 0.2) is 5.78 Å². The number of nitrogens with one attached hydrogen (secondary N) is 1. The van der Waals surface area contributed by atoms with Gasteiger partial charge in [0.25, 0.3) is 0 Å². The Morgan fingerprint density at radius 1 is 1.29 bits per heavy atom. The molecule has 0 spiro atoms. The Morgan fingerprint density at radius 3 is 2.68 bits per heavy atom. The summed E-state index contributed by atoms with van der Waals surface area (Å²) in [5.41, 5.74) is 2.76. The van der Waals surface area contributed by atoms with E-state index in [1.165, 1.54) is 23.5 Å². The minimum absolute atomic E-state index is 0.0520. The van der Waals surface area contributed by atoms with Crippen molar-refractivity contribution >= 4 is 46.5 Å². The highest BCUT2D eigenvalue weighted by molar-refractivity contribution is 7.99. The molecule has 1 N–H and O–H groups in total. The van der Waals surface area contributed by atoms with Gasteiger partial charge in [-0.15, -0.1) is 11.3 Å². The largest absolute Gasteiger partial charge is 0.430 e. The molecule has 2 unspecified atom stereocenters. The lowest BCUT2D eigenvalue weighted by molar-refractivity contribution is -0.149. The van der Waals surface area contributed by atoms with Crippen molar-refractivity contribution in [1.82, 2.24) is 5.48 Å². The van der Waals surface area contributed by atoms with Crippen LogP contribution < -0.4 is 5.48 Å². The van der Waals surface area contributed by atoms with Gasteiger partial charge in [0, 0.05) is 17.7 Å². The molecule has 0 aromatic carbocycles. The molecule has 1 aromatic rings. The number of Topliss-reactive ketones (excluding diaryl/α,β-unsaturated/α-hetero) is 1. The molecular formula is C23H30ClNO4S2. The summed E-state index contributed by atoms with van der Waals surface area (Å²) in [6.07, 6.45) is 3.29. The number of thiophene rings is 1. The van der Waals surface area contributed by atoms with E-state index in [2.05, 4.69) is 12.1 Å². The maximum absolute atomic E-state index is 13.1. The predicted molar refractivity (Wildman–Crippen MR) is 127 cm³/mol. The van der Waals surface area contributed by atoms with Gasteiger partial charge in [0.1, 0.15) is 12.4 Å². The Bertz CT molecular complexity index is 865. The van der Waals surface area contributed by atoms with Gasteiger partial charge in [-0.05, 0) is 69.1 Å². The fourth-order valence-corrected chi connectivity index (χ4v) is 6.03. The molecule has 170 valence electrons. The average molecular weight is 484 g/mol. The van der Waals surface area contributed by atoms with Gasteiger partial charge in [-0.3, -0.25) is 19.9 Å². The molecule has 2 atom stereocenters. The molecule has 0 bridgehead atoms. The van der Waals surface area contributed by atoms with Crippen molar-refractivity contribution in [2.24, 2.45) is 17.3 Å². The van der Waals surface area contributed by atoms with Gasteiger partial charge in [-0.2, -0.15) is 11.8 Å². The number of carbonyl (C=O) groups is 2. The first-order chi connectivity index (χ1) is 14.6. The highest BCUT2D eigenvalue weighted by Gasteiger charge is 2.37. The van der Waals surface area contributed by atoms with Crippen molar-refractivity contribution in [2.75, 3.05) is 11.5 Å². The number of rotatable bonds is 7. The number of ether oxygens (including phenoxy) is 1. The van der Waals surface area contributed by atoms with Crippen molar-refractivity contribution < 1.29 is 19.2 Å². The molecular weight excluding hydrogens is 454 g/mol. The lowest BCUT2D eigenvalue weighted by atomic mass is 9.77. The maximum atomic E-state index is 13.1. The summed E-state index contributed by atoms with van der Waals surface area (Å²) >= 11 is 9.31. The van der Waals surface area contributed by atoms with Gasteiger partial charge in [-0.25, -0.2) is 0 Å². The third-order valence-electron chi connectivity index (χ3n) is 5.48. The van der Waals surface area contributed by atoms with Crippen LogP contribution >= 0.6 is 34.7 Å². The SMILES string of the molecule is C=C(NOCc1ccc(Cl)s1)C1=C(OC(=O)C(C)(C)C)CC(C2CCCSC2)CC1=O. The van der Waals surface area contributed by atoms with Gasteiger partial charge in [0.05, 0.1) is 21.0 Å². The Morgan fingerprint density at radius 2 is 2.06 bits per heavy atom. The smallest absolute Gasteiger partial charge is 0.316 e. The van der Waals surface area contributed by atoms with Crippen LogP contribution in [0.1, 0.15) is 51.3 Å². The minimum atomic E-state index is -0.668. The molecule has 1 aromatic heterocycles. The van der Waals surface area contributed by atoms with Gasteiger partial charge >= 0.3 is 5.97 Å². The molecule has 0 amide bonds. The molecule has 31 heavy (non-hydrogen) atoms. The van der Waals surface area contributed by atoms with Crippen LogP contribution in [0.4, 0.5) is 0 Å². The molecule has 1 saturated heterocycles. The van der Waals surface area contributed by atoms with Crippen molar-refractivity contribution in [3.8, 4) is 0 Å². The molecule has 2 heterocycles. The van der Waals surface area contributed by atoms with E-state index in [4.69, 9.17) is 21.2 Å². The molecule has 5 nitrogen and oxygen atoms in total.